The van der Waals surface area contributed by atoms with Gasteiger partial charge < -0.3 is 15.1 Å². The van der Waals surface area contributed by atoms with Crippen molar-refractivity contribution < 1.29 is 19.4 Å². The molecule has 148 valence electrons. The van der Waals surface area contributed by atoms with Gasteiger partial charge in [-0.2, -0.15) is 0 Å². The van der Waals surface area contributed by atoms with E-state index in [2.05, 4.69) is 0 Å². The molecule has 0 radical (unpaired) electrons. The number of benzene rings is 3. The Balaban J connectivity index is 1.66. The Morgan fingerprint density at radius 3 is 2.28 bits per heavy atom. The van der Waals surface area contributed by atoms with Crippen LogP contribution < -0.4 is 4.90 Å². The summed E-state index contributed by atoms with van der Waals surface area (Å²) < 4.78 is 13.3. The van der Waals surface area contributed by atoms with Crippen LogP contribution >= 0.6 is 0 Å². The largest absolute Gasteiger partial charge is 0.504 e. The number of rotatable bonds is 4. The molecule has 0 unspecified atom stereocenters. The van der Waals surface area contributed by atoms with E-state index in [0.717, 1.165) is 22.4 Å². The molecule has 29 heavy (non-hydrogen) atoms. The van der Waals surface area contributed by atoms with Crippen LogP contribution in [0.4, 0.5) is 10.1 Å². The predicted molar refractivity (Wildman–Crippen MR) is 111 cm³/mol. The van der Waals surface area contributed by atoms with Crippen molar-refractivity contribution in [2.24, 2.45) is 0 Å². The minimum Gasteiger partial charge on any atom is -0.504 e. The van der Waals surface area contributed by atoms with E-state index in [1.54, 1.807) is 30.1 Å². The highest BCUT2D eigenvalue weighted by atomic mass is 19.1. The summed E-state index contributed by atoms with van der Waals surface area (Å²) in [6.45, 7) is 1.98. The highest BCUT2D eigenvalue weighted by Crippen LogP contribution is 2.51. The van der Waals surface area contributed by atoms with Crippen molar-refractivity contribution in [3.8, 4) is 22.6 Å². The van der Waals surface area contributed by atoms with Crippen molar-refractivity contribution in [1.82, 2.24) is 0 Å². The van der Waals surface area contributed by atoms with E-state index in [0.29, 0.717) is 18.4 Å². The van der Waals surface area contributed by atoms with E-state index in [-0.39, 0.29) is 23.2 Å². The number of aromatic hydroxyl groups is 2. The van der Waals surface area contributed by atoms with Gasteiger partial charge in [-0.15, -0.1) is 0 Å². The second kappa shape index (κ2) is 6.92. The Morgan fingerprint density at radius 1 is 0.966 bits per heavy atom. The Labute approximate surface area is 168 Å². The summed E-state index contributed by atoms with van der Waals surface area (Å²) in [6.07, 6.45) is 1.38. The average molecular weight is 391 g/mol. The van der Waals surface area contributed by atoms with Crippen molar-refractivity contribution in [3.63, 3.8) is 0 Å². The van der Waals surface area contributed by atoms with Gasteiger partial charge in [0.25, 0.3) is 0 Å². The molecule has 0 saturated heterocycles. The molecule has 0 bridgehead atoms. The minimum atomic E-state index is -0.680. The molecule has 0 atom stereocenters. The number of carbonyl (C=O) groups is 1. The van der Waals surface area contributed by atoms with Gasteiger partial charge in [0.1, 0.15) is 5.82 Å². The fourth-order valence-corrected chi connectivity index (χ4v) is 3.77. The van der Waals surface area contributed by atoms with E-state index in [4.69, 9.17) is 0 Å². The smallest absolute Gasteiger partial charge is 0.237 e. The van der Waals surface area contributed by atoms with Crippen LogP contribution in [0.3, 0.4) is 0 Å². The van der Waals surface area contributed by atoms with Gasteiger partial charge in [-0.05, 0) is 78.4 Å². The van der Waals surface area contributed by atoms with Crippen molar-refractivity contribution >= 4 is 11.6 Å². The fourth-order valence-electron chi connectivity index (χ4n) is 3.77. The first-order chi connectivity index (χ1) is 13.8. The Bertz CT molecular complexity index is 1090. The molecule has 4 nitrogen and oxygen atoms in total. The van der Waals surface area contributed by atoms with Crippen molar-refractivity contribution in [2.45, 2.75) is 25.2 Å². The molecule has 1 fully saturated rings. The molecule has 3 aromatic rings. The Morgan fingerprint density at radius 2 is 1.66 bits per heavy atom. The van der Waals surface area contributed by atoms with Crippen LogP contribution in [0, 0.1) is 12.7 Å². The van der Waals surface area contributed by atoms with Crippen LogP contribution in [-0.4, -0.2) is 23.2 Å². The maximum Gasteiger partial charge on any atom is 0.237 e. The number of hydrogen-bond acceptors (Lipinski definition) is 3. The summed E-state index contributed by atoms with van der Waals surface area (Å²) in [5.74, 6) is -0.773. The molecular weight excluding hydrogens is 369 g/mol. The lowest BCUT2D eigenvalue weighted by molar-refractivity contribution is -0.120. The van der Waals surface area contributed by atoms with Gasteiger partial charge in [-0.3, -0.25) is 4.79 Å². The van der Waals surface area contributed by atoms with Crippen LogP contribution in [0.15, 0.2) is 60.7 Å². The normalized spacial score (nSPS) is 14.4. The Kier molecular flexibility index (Phi) is 4.53. The van der Waals surface area contributed by atoms with Crippen LogP contribution in [0.25, 0.3) is 11.1 Å². The molecule has 1 amide bonds. The molecule has 4 rings (SSSR count). The number of phenols is 2. The highest BCUT2D eigenvalue weighted by molar-refractivity contribution is 6.03. The maximum atomic E-state index is 13.3. The zero-order valence-electron chi connectivity index (χ0n) is 16.3. The van der Waals surface area contributed by atoms with E-state index in [9.17, 15) is 19.4 Å². The van der Waals surface area contributed by atoms with E-state index in [1.165, 1.54) is 24.3 Å². The maximum absolute atomic E-state index is 13.3. The fraction of sp³-hybridized carbons (Fsp3) is 0.208. The first-order valence-corrected chi connectivity index (χ1v) is 9.49. The lowest BCUT2D eigenvalue weighted by Gasteiger charge is -2.25. The summed E-state index contributed by atoms with van der Waals surface area (Å²) >= 11 is 0. The molecule has 0 aliphatic heterocycles. The number of anilines is 1. The van der Waals surface area contributed by atoms with Gasteiger partial charge in [-0.25, -0.2) is 4.39 Å². The minimum absolute atomic E-state index is 0.0588. The highest BCUT2D eigenvalue weighted by Gasteiger charge is 2.53. The first-order valence-electron chi connectivity index (χ1n) is 9.49. The number of amides is 1. The van der Waals surface area contributed by atoms with Gasteiger partial charge in [0.2, 0.25) is 5.91 Å². The van der Waals surface area contributed by atoms with Gasteiger partial charge >= 0.3 is 0 Å². The van der Waals surface area contributed by atoms with E-state index < -0.39 is 5.41 Å². The van der Waals surface area contributed by atoms with Crippen LogP contribution in [0.5, 0.6) is 11.5 Å². The van der Waals surface area contributed by atoms with Crippen molar-refractivity contribution in [1.29, 1.82) is 0 Å². The number of carbonyl (C=O) groups excluding carboxylic acids is 1. The number of likely N-dealkylation sites (N-methyl/N-ethyl adjacent to an activating group) is 1. The zero-order valence-corrected chi connectivity index (χ0v) is 16.3. The second-order valence-corrected chi connectivity index (χ2v) is 7.66. The third-order valence-corrected chi connectivity index (χ3v) is 5.76. The molecule has 0 heterocycles. The molecular formula is C24H22FNO3. The molecule has 1 saturated carbocycles. The standard InChI is InChI=1S/C24H22FNO3/c1-15-3-9-19(14-20(15)16-4-7-18(25)8-5-16)26(2)23(29)24(11-12-24)17-6-10-21(27)22(28)13-17/h3-10,13-14,27-28H,11-12H2,1-2H3. The number of nitrogens with zero attached hydrogens (tertiary/aromatic N) is 1. The summed E-state index contributed by atoms with van der Waals surface area (Å²) in [4.78, 5) is 15.0. The number of phenolic OH excluding ortho intramolecular Hbond substituents is 2. The van der Waals surface area contributed by atoms with Gasteiger partial charge in [0.05, 0.1) is 5.41 Å². The monoisotopic (exact) mass is 391 g/mol. The van der Waals surface area contributed by atoms with Crippen LogP contribution in [0.1, 0.15) is 24.0 Å². The quantitative estimate of drug-likeness (QED) is 0.622. The van der Waals surface area contributed by atoms with Crippen molar-refractivity contribution in [3.05, 3.63) is 77.6 Å². The van der Waals surface area contributed by atoms with Gasteiger partial charge in [-0.1, -0.05) is 24.3 Å². The number of halogens is 1. The third kappa shape index (κ3) is 3.33. The number of hydrogen-bond donors (Lipinski definition) is 2. The van der Waals surface area contributed by atoms with Gasteiger partial charge in [0.15, 0.2) is 11.5 Å². The Hall–Kier alpha value is -3.34. The summed E-state index contributed by atoms with van der Waals surface area (Å²) in [7, 11) is 1.74. The lowest BCUT2D eigenvalue weighted by atomic mass is 9.93. The molecule has 1 aliphatic rings. The average Bonchev–Trinajstić information content (AvgIpc) is 3.52. The van der Waals surface area contributed by atoms with Crippen LogP contribution in [-0.2, 0) is 10.2 Å². The predicted octanol–water partition coefficient (Wildman–Crippen LogP) is 4.91. The summed E-state index contributed by atoms with van der Waals surface area (Å²) in [5, 5.41) is 19.4. The lowest BCUT2D eigenvalue weighted by Crippen LogP contribution is -2.36. The van der Waals surface area contributed by atoms with E-state index >= 15 is 0 Å². The van der Waals surface area contributed by atoms with E-state index in [1.807, 2.05) is 25.1 Å². The molecule has 0 aromatic heterocycles. The molecule has 0 spiro atoms. The van der Waals surface area contributed by atoms with Gasteiger partial charge in [0, 0.05) is 12.7 Å². The SMILES string of the molecule is Cc1ccc(N(C)C(=O)C2(c3ccc(O)c(O)c3)CC2)cc1-c1ccc(F)cc1. The second-order valence-electron chi connectivity index (χ2n) is 7.66. The first kappa shape index (κ1) is 19.0. The summed E-state index contributed by atoms with van der Waals surface area (Å²) in [6, 6.07) is 16.6. The molecule has 5 heteroatoms. The molecule has 2 N–H and O–H groups in total. The topological polar surface area (TPSA) is 60.8 Å². The third-order valence-electron chi connectivity index (χ3n) is 5.76. The molecule has 1 aliphatic carbocycles. The van der Waals surface area contributed by atoms with Crippen LogP contribution in [0.2, 0.25) is 0 Å². The number of aryl methyl sites for hydroxylation is 1. The molecule has 3 aromatic carbocycles. The van der Waals surface area contributed by atoms with Crippen molar-refractivity contribution in [2.75, 3.05) is 11.9 Å². The summed E-state index contributed by atoms with van der Waals surface area (Å²) in [5.41, 5.74) is 3.63. The zero-order chi connectivity index (χ0) is 20.8.